The predicted molar refractivity (Wildman–Crippen MR) is 89.0 cm³/mol. The summed E-state index contributed by atoms with van der Waals surface area (Å²) in [5.74, 6) is 1.28. The zero-order valence-electron chi connectivity index (χ0n) is 11.6. The highest BCUT2D eigenvalue weighted by atomic mass is 79.9. The van der Waals surface area contributed by atoms with Gasteiger partial charge in [0.05, 0.1) is 5.71 Å². The van der Waals surface area contributed by atoms with Crippen LogP contribution in [-0.2, 0) is 0 Å². The number of halogens is 1. The molecular formula is C17H15BrN3+. The minimum Gasteiger partial charge on any atom is -0.265 e. The molecule has 2 aliphatic heterocycles. The van der Waals surface area contributed by atoms with E-state index in [0.29, 0.717) is 0 Å². The van der Waals surface area contributed by atoms with Crippen molar-refractivity contribution in [3.63, 3.8) is 0 Å². The van der Waals surface area contributed by atoms with Crippen LogP contribution in [0.25, 0.3) is 5.57 Å². The van der Waals surface area contributed by atoms with Crippen LogP contribution in [0.15, 0.2) is 63.7 Å². The number of allylic oxidation sites excluding steroid dienone is 2. The van der Waals surface area contributed by atoms with Gasteiger partial charge in [-0.15, -0.1) is 0 Å². The molecule has 0 saturated carbocycles. The van der Waals surface area contributed by atoms with Crippen molar-refractivity contribution in [2.24, 2.45) is 11.0 Å². The second-order valence-corrected chi connectivity index (χ2v) is 6.37. The lowest BCUT2D eigenvalue weighted by Crippen LogP contribution is -2.84. The maximum atomic E-state index is 4.41. The van der Waals surface area contributed by atoms with Gasteiger partial charge < -0.3 is 0 Å². The lowest BCUT2D eigenvalue weighted by molar-refractivity contribution is -0.482. The Morgan fingerprint density at radius 1 is 1.24 bits per heavy atom. The van der Waals surface area contributed by atoms with Crippen LogP contribution in [0.5, 0.6) is 0 Å². The Bertz CT molecular complexity index is 753. The van der Waals surface area contributed by atoms with Gasteiger partial charge >= 0.3 is 0 Å². The molecule has 21 heavy (non-hydrogen) atoms. The van der Waals surface area contributed by atoms with Crippen LogP contribution in [0, 0.1) is 5.92 Å². The van der Waals surface area contributed by atoms with Crippen LogP contribution in [-0.4, -0.2) is 17.6 Å². The van der Waals surface area contributed by atoms with Gasteiger partial charge in [0.1, 0.15) is 12.0 Å². The van der Waals surface area contributed by atoms with Crippen LogP contribution < -0.4 is 10.4 Å². The summed E-state index contributed by atoms with van der Waals surface area (Å²) in [5.41, 5.74) is 8.14. The standard InChI is InChI=1S/C17H14BrN3/c1-10-15-16(11-5-3-2-4-6-11)13-9-12(18)7-8-14(13)19-17(15)21-20-10/h2-9,14-15H,1H3,(H,19,21)/p+1/t14-,15+/m1/s1. The average molecular weight is 341 g/mol. The Kier molecular flexibility index (Phi) is 2.93. The van der Waals surface area contributed by atoms with Crippen molar-refractivity contribution in [1.82, 2.24) is 5.43 Å². The lowest BCUT2D eigenvalue weighted by Gasteiger charge is -2.26. The third-order valence-electron chi connectivity index (χ3n) is 4.13. The third-order valence-corrected chi connectivity index (χ3v) is 4.62. The number of hydrogen-bond acceptors (Lipinski definition) is 2. The zero-order chi connectivity index (χ0) is 14.4. The van der Waals surface area contributed by atoms with E-state index in [-0.39, 0.29) is 12.0 Å². The van der Waals surface area contributed by atoms with Gasteiger partial charge in [-0.3, -0.25) is 4.99 Å². The first kappa shape index (κ1) is 12.8. The Hall–Kier alpha value is -1.94. The largest absolute Gasteiger partial charge is 0.282 e. The molecule has 0 fully saturated rings. The van der Waals surface area contributed by atoms with Crippen molar-refractivity contribution in [3.05, 3.63) is 64.2 Å². The summed E-state index contributed by atoms with van der Waals surface area (Å²) in [7, 11) is 0. The number of amidine groups is 1. The van der Waals surface area contributed by atoms with Gasteiger partial charge in [0, 0.05) is 10.1 Å². The summed E-state index contributed by atoms with van der Waals surface area (Å²) < 4.78 is 1.10. The van der Waals surface area contributed by atoms with Gasteiger partial charge in [-0.2, -0.15) is 5.43 Å². The van der Waals surface area contributed by atoms with Gasteiger partial charge in [0.25, 0.3) is 5.84 Å². The number of hydrazone groups is 1. The van der Waals surface area contributed by atoms with E-state index in [1.54, 1.807) is 0 Å². The van der Waals surface area contributed by atoms with Crippen LogP contribution in [0.3, 0.4) is 0 Å². The molecule has 0 spiro atoms. The van der Waals surface area contributed by atoms with E-state index in [9.17, 15) is 0 Å². The molecule has 1 aromatic rings. The number of fused-ring (bicyclic) bond motifs is 2. The van der Waals surface area contributed by atoms with Crippen LogP contribution in [0.1, 0.15) is 12.5 Å². The molecule has 3 nitrogen and oxygen atoms in total. The van der Waals surface area contributed by atoms with E-state index in [0.717, 1.165) is 16.0 Å². The molecule has 4 rings (SSSR count). The average Bonchev–Trinajstić information content (AvgIpc) is 2.87. The van der Waals surface area contributed by atoms with Crippen molar-refractivity contribution >= 4 is 33.1 Å². The highest BCUT2D eigenvalue weighted by molar-refractivity contribution is 9.11. The maximum absolute atomic E-state index is 4.41. The van der Waals surface area contributed by atoms with Crippen LogP contribution >= 0.6 is 15.9 Å². The van der Waals surface area contributed by atoms with Gasteiger partial charge in [-0.05, 0) is 36.3 Å². The highest BCUT2D eigenvalue weighted by Crippen LogP contribution is 2.35. The number of hydrogen-bond donors (Lipinski definition) is 2. The number of nitrogens with one attached hydrogen (secondary N) is 2. The molecule has 4 heteroatoms. The second-order valence-electron chi connectivity index (χ2n) is 5.46. The number of rotatable bonds is 1. The second kappa shape index (κ2) is 4.81. The monoisotopic (exact) mass is 340 g/mol. The van der Waals surface area contributed by atoms with Gasteiger partial charge in [0.2, 0.25) is 0 Å². The van der Waals surface area contributed by atoms with E-state index in [1.807, 2.05) is 0 Å². The Morgan fingerprint density at radius 3 is 2.86 bits per heavy atom. The molecule has 2 heterocycles. The minimum absolute atomic E-state index is 0.196. The smallest absolute Gasteiger partial charge is 0.265 e. The van der Waals surface area contributed by atoms with Gasteiger partial charge in [-0.25, -0.2) is 0 Å². The summed E-state index contributed by atoms with van der Waals surface area (Å²) >= 11 is 3.60. The SMILES string of the molecule is CC1=NNC2=[NH+][C@@H]3C=CC(Br)=CC3=C(c3ccccc3)[C@H]12. The molecule has 1 aliphatic carbocycles. The van der Waals surface area contributed by atoms with E-state index in [2.05, 4.69) is 86.9 Å². The molecule has 0 radical (unpaired) electrons. The molecule has 2 N–H and O–H groups in total. The minimum atomic E-state index is 0.196. The van der Waals surface area contributed by atoms with E-state index in [1.165, 1.54) is 16.7 Å². The molecule has 104 valence electrons. The van der Waals surface area contributed by atoms with Gasteiger partial charge in [0.15, 0.2) is 0 Å². The fraction of sp³-hybridized carbons (Fsp3) is 0.176. The fourth-order valence-electron chi connectivity index (χ4n) is 3.19. The number of benzene rings is 1. The first-order valence-electron chi connectivity index (χ1n) is 7.02. The lowest BCUT2D eigenvalue weighted by atomic mass is 9.80. The van der Waals surface area contributed by atoms with E-state index >= 15 is 0 Å². The molecule has 3 aliphatic rings. The Morgan fingerprint density at radius 2 is 2.05 bits per heavy atom. The van der Waals surface area contributed by atoms with Crippen molar-refractivity contribution in [1.29, 1.82) is 0 Å². The molecule has 2 atom stereocenters. The summed E-state index contributed by atoms with van der Waals surface area (Å²) in [5, 5.41) is 4.41. The van der Waals surface area contributed by atoms with Crippen molar-refractivity contribution < 1.29 is 4.99 Å². The normalized spacial score (nSPS) is 26.5. The summed E-state index contributed by atoms with van der Waals surface area (Å²) in [6, 6.07) is 10.8. The zero-order valence-corrected chi connectivity index (χ0v) is 13.2. The van der Waals surface area contributed by atoms with Crippen molar-refractivity contribution in [3.8, 4) is 0 Å². The first-order valence-corrected chi connectivity index (χ1v) is 7.82. The Balaban J connectivity index is 1.96. The topological polar surface area (TPSA) is 38.4 Å². The first-order chi connectivity index (χ1) is 10.2. The molecule has 0 bridgehead atoms. The summed E-state index contributed by atoms with van der Waals surface area (Å²) in [6.45, 7) is 2.08. The summed E-state index contributed by atoms with van der Waals surface area (Å²) in [6.07, 6.45) is 6.48. The van der Waals surface area contributed by atoms with E-state index in [4.69, 9.17) is 0 Å². The fourth-order valence-corrected chi connectivity index (χ4v) is 3.59. The molecule has 0 aromatic heterocycles. The number of nitrogens with zero attached hydrogens (tertiary/aromatic N) is 1. The third kappa shape index (κ3) is 2.02. The predicted octanol–water partition coefficient (Wildman–Crippen LogP) is 1.75. The molecule has 0 unspecified atom stereocenters. The van der Waals surface area contributed by atoms with Crippen molar-refractivity contribution in [2.75, 3.05) is 0 Å². The van der Waals surface area contributed by atoms with Gasteiger partial charge in [-0.1, -0.05) is 51.4 Å². The molecular weight excluding hydrogens is 326 g/mol. The summed E-state index contributed by atoms with van der Waals surface area (Å²) in [4.78, 5) is 3.55. The molecule has 0 amide bonds. The quantitative estimate of drug-likeness (QED) is 0.803. The Labute approximate surface area is 132 Å². The maximum Gasteiger partial charge on any atom is 0.282 e. The molecule has 0 saturated heterocycles. The van der Waals surface area contributed by atoms with Crippen LogP contribution in [0.2, 0.25) is 0 Å². The highest BCUT2D eigenvalue weighted by Gasteiger charge is 2.41. The van der Waals surface area contributed by atoms with E-state index < -0.39 is 0 Å². The molecule has 1 aromatic carbocycles. The van der Waals surface area contributed by atoms with Crippen LogP contribution in [0.4, 0.5) is 0 Å². The van der Waals surface area contributed by atoms with Crippen molar-refractivity contribution in [2.45, 2.75) is 13.0 Å².